The summed E-state index contributed by atoms with van der Waals surface area (Å²) in [6.45, 7) is 2.79. The van der Waals surface area contributed by atoms with Crippen LogP contribution in [0.3, 0.4) is 0 Å². The van der Waals surface area contributed by atoms with Crippen LogP contribution < -0.4 is 15.0 Å². The molecule has 5 heterocycles. The number of aromatic nitrogens is 3. The molecule has 7 nitrogen and oxygen atoms in total. The van der Waals surface area contributed by atoms with Crippen LogP contribution in [0, 0.1) is 18.2 Å². The summed E-state index contributed by atoms with van der Waals surface area (Å²) in [6.07, 6.45) is 9.11. The summed E-state index contributed by atoms with van der Waals surface area (Å²) in [5.74, 6) is 3.01. The lowest BCUT2D eigenvalue weighted by molar-refractivity contribution is 0.155. The van der Waals surface area contributed by atoms with E-state index in [4.69, 9.17) is 16.1 Å². The number of hydrogen-bond donors (Lipinski definition) is 2. The Bertz CT molecular complexity index is 1580. The molecule has 2 saturated heterocycles. The van der Waals surface area contributed by atoms with Crippen LogP contribution in [0.15, 0.2) is 36.7 Å². The number of benzene rings is 2. The number of nitrogens with one attached hydrogen (secondary N) is 1. The van der Waals surface area contributed by atoms with Crippen LogP contribution in [0.4, 0.5) is 10.2 Å². The Labute approximate surface area is 201 Å². The lowest BCUT2D eigenvalue weighted by atomic mass is 9.96. The Kier molecular flexibility index (Phi) is 4.24. The first-order valence-electron chi connectivity index (χ1n) is 11.8. The summed E-state index contributed by atoms with van der Waals surface area (Å²) in [4.78, 5) is 15.8. The number of rotatable bonds is 1. The van der Waals surface area contributed by atoms with E-state index in [2.05, 4.69) is 26.1 Å². The highest BCUT2D eigenvalue weighted by atomic mass is 19.1. The van der Waals surface area contributed by atoms with Crippen molar-refractivity contribution < 1.29 is 14.2 Å². The minimum atomic E-state index is -0.598. The first-order chi connectivity index (χ1) is 17.0. The Morgan fingerprint density at radius 3 is 2.97 bits per heavy atom. The van der Waals surface area contributed by atoms with Crippen molar-refractivity contribution in [2.24, 2.45) is 0 Å². The molecule has 0 amide bonds. The Hall–Kier alpha value is -3.96. The van der Waals surface area contributed by atoms with Gasteiger partial charge in [0.25, 0.3) is 0 Å². The molecule has 3 aliphatic rings. The first kappa shape index (κ1) is 20.4. The van der Waals surface area contributed by atoms with E-state index in [0.29, 0.717) is 45.0 Å². The second-order valence-electron chi connectivity index (χ2n) is 9.56. The smallest absolute Gasteiger partial charge is 0.227 e. The molecule has 4 atom stereocenters. The quantitative estimate of drug-likeness (QED) is 0.413. The van der Waals surface area contributed by atoms with E-state index in [1.165, 1.54) is 12.4 Å². The number of phenolic OH excluding ortho intramolecular Hbond substituents is 1. The summed E-state index contributed by atoms with van der Waals surface area (Å²) in [5.41, 5.74) is 1.15. The molecule has 2 fully saturated rings. The van der Waals surface area contributed by atoms with E-state index in [-0.39, 0.29) is 35.1 Å². The molecule has 0 spiro atoms. The molecule has 8 heteroatoms. The number of terminal acetylenes is 1. The van der Waals surface area contributed by atoms with Crippen molar-refractivity contribution in [3.05, 3.63) is 48.0 Å². The largest absolute Gasteiger partial charge is 0.508 e. The molecule has 0 radical (unpaired) electrons. The van der Waals surface area contributed by atoms with Gasteiger partial charge in [0, 0.05) is 35.1 Å². The number of hydrogen-bond acceptors (Lipinski definition) is 7. The highest BCUT2D eigenvalue weighted by Crippen LogP contribution is 2.44. The van der Waals surface area contributed by atoms with Crippen molar-refractivity contribution in [1.82, 2.24) is 20.3 Å². The standard InChI is InChI=1S/C27H22FN5O2/c1-3-14-5-4-6-15-9-17(34)10-18(20(14)15)23-22(28)24-21-26(30-12-29-24)33-11-16-7-8-19(31-16)25(33)13(2)35-27(21)32-23/h1,4-6,9-10,12-13,16,19,25,31,34H,7-8,11H2,2H3/t13-,16+,19-,25+/m0/s1. The molecule has 2 aromatic heterocycles. The fourth-order valence-corrected chi connectivity index (χ4v) is 6.15. The number of nitrogens with zero attached hydrogens (tertiary/aromatic N) is 4. The van der Waals surface area contributed by atoms with E-state index >= 15 is 4.39 Å². The van der Waals surface area contributed by atoms with Gasteiger partial charge >= 0.3 is 0 Å². The maximum atomic E-state index is 16.2. The number of ether oxygens (including phenoxy) is 1. The zero-order valence-electron chi connectivity index (χ0n) is 19.0. The summed E-state index contributed by atoms with van der Waals surface area (Å²) >= 11 is 0. The van der Waals surface area contributed by atoms with Crippen molar-refractivity contribution in [2.45, 2.75) is 44.0 Å². The SMILES string of the molecule is C#Cc1cccc2cc(O)cc(-c3nc4c5c(ncnc5c3F)N3C[C@H]5CC[C@H](N5)[C@H]3[C@H](C)O4)c12. The normalized spacial score (nSPS) is 24.7. The van der Waals surface area contributed by atoms with Gasteiger partial charge in [0.15, 0.2) is 5.82 Å². The number of halogens is 1. The van der Waals surface area contributed by atoms with E-state index in [9.17, 15) is 5.11 Å². The Morgan fingerprint density at radius 2 is 2.11 bits per heavy atom. The number of pyridine rings is 1. The van der Waals surface area contributed by atoms with Gasteiger partial charge in [0.1, 0.15) is 40.6 Å². The Morgan fingerprint density at radius 1 is 1.23 bits per heavy atom. The lowest BCUT2D eigenvalue weighted by Gasteiger charge is -2.42. The van der Waals surface area contributed by atoms with Gasteiger partial charge in [-0.05, 0) is 43.4 Å². The molecule has 3 aliphatic heterocycles. The van der Waals surface area contributed by atoms with Gasteiger partial charge in [-0.25, -0.2) is 19.3 Å². The van der Waals surface area contributed by atoms with E-state index in [1.54, 1.807) is 18.2 Å². The fourth-order valence-electron chi connectivity index (χ4n) is 6.15. The van der Waals surface area contributed by atoms with Crippen molar-refractivity contribution in [3.63, 3.8) is 0 Å². The third-order valence-corrected chi connectivity index (χ3v) is 7.56. The number of phenols is 1. The molecule has 174 valence electrons. The van der Waals surface area contributed by atoms with Crippen molar-refractivity contribution in [1.29, 1.82) is 0 Å². The molecule has 0 unspecified atom stereocenters. The molecule has 0 saturated carbocycles. The molecule has 0 aliphatic carbocycles. The van der Waals surface area contributed by atoms with Crippen LogP contribution in [-0.4, -0.2) is 50.8 Å². The summed E-state index contributed by atoms with van der Waals surface area (Å²) < 4.78 is 22.6. The monoisotopic (exact) mass is 467 g/mol. The third-order valence-electron chi connectivity index (χ3n) is 7.56. The zero-order chi connectivity index (χ0) is 23.8. The van der Waals surface area contributed by atoms with Gasteiger partial charge in [0.2, 0.25) is 5.88 Å². The van der Waals surface area contributed by atoms with Crippen molar-refractivity contribution in [2.75, 3.05) is 11.4 Å². The van der Waals surface area contributed by atoms with Crippen LogP contribution in [0.1, 0.15) is 25.3 Å². The van der Waals surface area contributed by atoms with Gasteiger partial charge in [-0.2, -0.15) is 0 Å². The topological polar surface area (TPSA) is 83.4 Å². The maximum Gasteiger partial charge on any atom is 0.227 e. The van der Waals surface area contributed by atoms with Gasteiger partial charge in [-0.15, -0.1) is 6.42 Å². The molecule has 2 N–H and O–H groups in total. The average molecular weight is 468 g/mol. The van der Waals surface area contributed by atoms with Gasteiger partial charge in [-0.1, -0.05) is 18.1 Å². The number of anilines is 1. The van der Waals surface area contributed by atoms with Crippen LogP contribution in [0.25, 0.3) is 32.9 Å². The molecule has 2 bridgehead atoms. The summed E-state index contributed by atoms with van der Waals surface area (Å²) in [6, 6.07) is 9.19. The highest BCUT2D eigenvalue weighted by molar-refractivity contribution is 6.04. The summed E-state index contributed by atoms with van der Waals surface area (Å²) in [5, 5.41) is 15.9. The molecule has 2 aromatic carbocycles. The van der Waals surface area contributed by atoms with Gasteiger partial charge in [-0.3, -0.25) is 0 Å². The van der Waals surface area contributed by atoms with Gasteiger partial charge < -0.3 is 20.1 Å². The van der Waals surface area contributed by atoms with Gasteiger partial charge in [0.05, 0.1) is 6.04 Å². The molecule has 4 aromatic rings. The van der Waals surface area contributed by atoms with Crippen molar-refractivity contribution in [3.8, 4) is 35.2 Å². The minimum absolute atomic E-state index is 0.00859. The number of piperazine rings is 1. The minimum Gasteiger partial charge on any atom is -0.508 e. The first-order valence-corrected chi connectivity index (χ1v) is 11.8. The van der Waals surface area contributed by atoms with E-state index in [0.717, 1.165) is 19.4 Å². The predicted octanol–water partition coefficient (Wildman–Crippen LogP) is 3.76. The van der Waals surface area contributed by atoms with Crippen LogP contribution >= 0.6 is 0 Å². The van der Waals surface area contributed by atoms with E-state index in [1.807, 2.05) is 13.0 Å². The maximum absolute atomic E-state index is 16.2. The number of aromatic hydroxyl groups is 1. The van der Waals surface area contributed by atoms with Crippen LogP contribution in [-0.2, 0) is 0 Å². The molecular formula is C27H22FN5O2. The average Bonchev–Trinajstić information content (AvgIpc) is 3.18. The predicted molar refractivity (Wildman–Crippen MR) is 131 cm³/mol. The highest BCUT2D eigenvalue weighted by Gasteiger charge is 2.46. The summed E-state index contributed by atoms with van der Waals surface area (Å²) in [7, 11) is 0. The Balaban J connectivity index is 1.52. The number of fused-ring (bicyclic) bond motifs is 6. The molecular weight excluding hydrogens is 445 g/mol. The fraction of sp³-hybridized carbons (Fsp3) is 0.296. The zero-order valence-corrected chi connectivity index (χ0v) is 19.0. The second kappa shape index (κ2) is 7.27. The molecule has 7 rings (SSSR count). The van der Waals surface area contributed by atoms with Crippen LogP contribution in [0.2, 0.25) is 0 Å². The second-order valence-corrected chi connectivity index (χ2v) is 9.56. The van der Waals surface area contributed by atoms with Crippen LogP contribution in [0.5, 0.6) is 11.6 Å². The lowest BCUT2D eigenvalue weighted by Crippen LogP contribution is -2.62. The third kappa shape index (κ3) is 2.85. The van der Waals surface area contributed by atoms with E-state index < -0.39 is 5.82 Å². The van der Waals surface area contributed by atoms with Crippen molar-refractivity contribution >= 4 is 27.5 Å². The molecule has 35 heavy (non-hydrogen) atoms.